The molecule has 4 N–H and O–H groups in total. The molecule has 0 saturated carbocycles. The van der Waals surface area contributed by atoms with E-state index >= 15 is 0 Å². The number of nitrogens with two attached hydrogens (primary N) is 2. The van der Waals surface area contributed by atoms with E-state index in [1.165, 1.54) is 0 Å². The first-order chi connectivity index (χ1) is 4.57. The van der Waals surface area contributed by atoms with E-state index in [1.807, 2.05) is 6.07 Å². The lowest BCUT2D eigenvalue weighted by molar-refractivity contribution is 1.18. The summed E-state index contributed by atoms with van der Waals surface area (Å²) in [6.07, 6.45) is 1.65. The summed E-state index contributed by atoms with van der Waals surface area (Å²) in [7, 11) is 0. The number of allylic oxidation sites excluding steroid dienone is 3. The molecule has 0 aliphatic carbocycles. The fourth-order valence-corrected chi connectivity index (χ4v) is 0.440. The Morgan fingerprint density at radius 2 is 1.90 bits per heavy atom. The monoisotopic (exact) mass is 137 g/mol. The summed E-state index contributed by atoms with van der Waals surface area (Å²) in [6, 6.07) is 1.97. The number of nitriles is 1. The lowest BCUT2D eigenvalue weighted by Crippen LogP contribution is -2.10. The van der Waals surface area contributed by atoms with Crippen LogP contribution < -0.4 is 11.5 Å². The van der Waals surface area contributed by atoms with Crippen LogP contribution in [0.3, 0.4) is 0 Å². The van der Waals surface area contributed by atoms with Crippen LogP contribution in [-0.2, 0) is 0 Å². The average Bonchev–Trinajstić information content (AvgIpc) is 1.87. The number of hydrogen-bond acceptors (Lipinski definition) is 3. The van der Waals surface area contributed by atoms with Crippen molar-refractivity contribution in [1.29, 1.82) is 5.26 Å². The Bertz CT molecular complexity index is 213. The number of rotatable bonds is 1. The number of hydrogen-bond donors (Lipinski definition) is 2. The van der Waals surface area contributed by atoms with Crippen LogP contribution in [0, 0.1) is 11.3 Å². The van der Waals surface area contributed by atoms with Crippen LogP contribution in [0.25, 0.3) is 0 Å². The summed E-state index contributed by atoms with van der Waals surface area (Å²) in [5.41, 5.74) is 11.8. The van der Waals surface area contributed by atoms with Gasteiger partial charge in [-0.2, -0.15) is 5.26 Å². The lowest BCUT2D eigenvalue weighted by atomic mass is 10.2. The normalized spacial score (nSPS) is 10.3. The smallest absolute Gasteiger partial charge is 0.0964 e. The summed E-state index contributed by atoms with van der Waals surface area (Å²) in [6.45, 7) is 3.46. The van der Waals surface area contributed by atoms with E-state index in [2.05, 4.69) is 0 Å². The van der Waals surface area contributed by atoms with Crippen molar-refractivity contribution in [3.63, 3.8) is 0 Å². The third-order valence-electron chi connectivity index (χ3n) is 1.06. The Morgan fingerprint density at radius 1 is 1.40 bits per heavy atom. The Kier molecular flexibility index (Phi) is 3.06. The molecule has 0 heterocycles. The molecule has 0 radical (unpaired) electrons. The second-order valence-corrected chi connectivity index (χ2v) is 2.08. The molecule has 0 aromatic carbocycles. The predicted molar refractivity (Wildman–Crippen MR) is 40.4 cm³/mol. The molecular weight excluding hydrogens is 126 g/mol. The molecule has 0 atom stereocenters. The van der Waals surface area contributed by atoms with Gasteiger partial charge in [-0.15, -0.1) is 0 Å². The third-order valence-corrected chi connectivity index (χ3v) is 1.06. The first-order valence-electron chi connectivity index (χ1n) is 2.88. The molecule has 0 unspecified atom stereocenters. The van der Waals surface area contributed by atoms with Crippen LogP contribution in [0.4, 0.5) is 0 Å². The molecule has 0 bridgehead atoms. The molecule has 0 aromatic heterocycles. The lowest BCUT2D eigenvalue weighted by Gasteiger charge is -1.94. The second-order valence-electron chi connectivity index (χ2n) is 2.08. The van der Waals surface area contributed by atoms with Crippen molar-refractivity contribution in [3.8, 4) is 6.07 Å². The van der Waals surface area contributed by atoms with Crippen molar-refractivity contribution >= 4 is 0 Å². The molecule has 0 fully saturated rings. The molecule has 0 rings (SSSR count). The topological polar surface area (TPSA) is 75.8 Å². The van der Waals surface area contributed by atoms with E-state index < -0.39 is 0 Å². The van der Waals surface area contributed by atoms with E-state index in [0.717, 1.165) is 5.57 Å². The Labute approximate surface area is 60.6 Å². The highest BCUT2D eigenvalue weighted by Gasteiger charge is 1.89. The fourth-order valence-electron chi connectivity index (χ4n) is 0.440. The van der Waals surface area contributed by atoms with Gasteiger partial charge in [0.15, 0.2) is 0 Å². The molecule has 3 heteroatoms. The van der Waals surface area contributed by atoms with Crippen molar-refractivity contribution in [2.24, 2.45) is 11.5 Å². The third kappa shape index (κ3) is 2.78. The summed E-state index contributed by atoms with van der Waals surface area (Å²) in [5.74, 6) is 0.259. The minimum atomic E-state index is 0.259. The zero-order chi connectivity index (χ0) is 8.15. The van der Waals surface area contributed by atoms with Gasteiger partial charge in [-0.05, 0) is 25.5 Å². The predicted octanol–water partition coefficient (Wildman–Crippen LogP) is 0.605. The van der Waals surface area contributed by atoms with Crippen LogP contribution in [-0.4, -0.2) is 0 Å². The fraction of sp³-hybridized carbons (Fsp3) is 0.286. The standard InChI is InChI=1S/C7H11N3/c1-5(4-8)3-6(2)7(9)10/h3H,9-10H2,1-2H3/b5-3+. The van der Waals surface area contributed by atoms with Crippen molar-refractivity contribution in [2.75, 3.05) is 0 Å². The van der Waals surface area contributed by atoms with Crippen LogP contribution in [0.5, 0.6) is 0 Å². The van der Waals surface area contributed by atoms with Gasteiger partial charge in [0.05, 0.1) is 11.9 Å². The molecule has 10 heavy (non-hydrogen) atoms. The largest absolute Gasteiger partial charge is 0.385 e. The van der Waals surface area contributed by atoms with Crippen molar-refractivity contribution in [2.45, 2.75) is 13.8 Å². The van der Waals surface area contributed by atoms with Crippen molar-refractivity contribution in [1.82, 2.24) is 0 Å². The summed E-state index contributed by atoms with van der Waals surface area (Å²) in [4.78, 5) is 0. The molecule has 0 spiro atoms. The summed E-state index contributed by atoms with van der Waals surface area (Å²) < 4.78 is 0. The van der Waals surface area contributed by atoms with Crippen LogP contribution >= 0.6 is 0 Å². The maximum Gasteiger partial charge on any atom is 0.0964 e. The first kappa shape index (κ1) is 8.57. The molecule has 3 nitrogen and oxygen atoms in total. The van der Waals surface area contributed by atoms with Gasteiger partial charge in [-0.3, -0.25) is 0 Å². The highest BCUT2D eigenvalue weighted by atomic mass is 14.8. The van der Waals surface area contributed by atoms with Crippen LogP contribution in [0.2, 0.25) is 0 Å². The second kappa shape index (κ2) is 3.57. The van der Waals surface area contributed by atoms with E-state index in [1.54, 1.807) is 19.9 Å². The van der Waals surface area contributed by atoms with Crippen molar-refractivity contribution in [3.05, 3.63) is 23.0 Å². The van der Waals surface area contributed by atoms with E-state index in [-0.39, 0.29) is 5.82 Å². The van der Waals surface area contributed by atoms with Gasteiger partial charge in [-0.25, -0.2) is 0 Å². The van der Waals surface area contributed by atoms with Gasteiger partial charge in [0, 0.05) is 5.57 Å². The Morgan fingerprint density at radius 3 is 2.20 bits per heavy atom. The molecule has 54 valence electrons. The highest BCUT2D eigenvalue weighted by molar-refractivity contribution is 5.30. The molecule has 0 aliphatic heterocycles. The number of nitrogens with zero attached hydrogens (tertiary/aromatic N) is 1. The van der Waals surface area contributed by atoms with E-state index in [9.17, 15) is 0 Å². The molecule has 0 saturated heterocycles. The Hall–Kier alpha value is -1.43. The zero-order valence-electron chi connectivity index (χ0n) is 6.18. The van der Waals surface area contributed by atoms with Crippen LogP contribution in [0.15, 0.2) is 23.0 Å². The van der Waals surface area contributed by atoms with E-state index in [4.69, 9.17) is 16.7 Å². The average molecular weight is 137 g/mol. The molecular formula is C7H11N3. The minimum Gasteiger partial charge on any atom is -0.385 e. The zero-order valence-corrected chi connectivity index (χ0v) is 6.18. The van der Waals surface area contributed by atoms with E-state index in [0.29, 0.717) is 5.57 Å². The highest BCUT2D eigenvalue weighted by Crippen LogP contribution is 1.99. The maximum atomic E-state index is 8.34. The van der Waals surface area contributed by atoms with Gasteiger partial charge >= 0.3 is 0 Å². The Balaban J connectivity index is 4.47. The van der Waals surface area contributed by atoms with Gasteiger partial charge in [0.25, 0.3) is 0 Å². The quantitative estimate of drug-likeness (QED) is 0.410. The first-order valence-corrected chi connectivity index (χ1v) is 2.88. The summed E-state index contributed by atoms with van der Waals surface area (Å²) in [5, 5.41) is 8.34. The minimum absolute atomic E-state index is 0.259. The van der Waals surface area contributed by atoms with Crippen LogP contribution in [0.1, 0.15) is 13.8 Å². The molecule has 0 aromatic rings. The van der Waals surface area contributed by atoms with Crippen molar-refractivity contribution < 1.29 is 0 Å². The van der Waals surface area contributed by atoms with Gasteiger partial charge in [-0.1, -0.05) is 0 Å². The van der Waals surface area contributed by atoms with Gasteiger partial charge in [0.2, 0.25) is 0 Å². The molecule has 0 aliphatic rings. The molecule has 0 amide bonds. The summed E-state index contributed by atoms with van der Waals surface area (Å²) >= 11 is 0. The SMILES string of the molecule is CC(/C=C(\C)C#N)=C(N)N. The van der Waals surface area contributed by atoms with Gasteiger partial charge in [0.1, 0.15) is 0 Å². The maximum absolute atomic E-state index is 8.34. The van der Waals surface area contributed by atoms with Gasteiger partial charge < -0.3 is 11.5 Å².